The minimum absolute atomic E-state index is 0. The summed E-state index contributed by atoms with van der Waals surface area (Å²) < 4.78 is 15.5. The van der Waals surface area contributed by atoms with Crippen LogP contribution in [-0.4, -0.2) is 43.7 Å². The maximum absolute atomic E-state index is 11.7. The minimum Gasteiger partial charge on any atom is -0.591 e. The molecule has 21 heavy (non-hydrogen) atoms. The standard InChI is InChI=1S/C14H26N2O3S.CH4/c1-13(2,3)20(19)15-8-6-7-11-9-14(4,5)16(10-11)12(17)18;/h8,11H,6-7,9-10H2,1-5H3,(H,17,18);1H4/b15-8-;/t11-,20+;/m0./s1. The highest BCUT2D eigenvalue weighted by Gasteiger charge is 2.40. The fraction of sp³-hybridized carbons (Fsp3) is 0.867. The third-order valence-corrected chi connectivity index (χ3v) is 4.98. The fourth-order valence-electron chi connectivity index (χ4n) is 2.51. The van der Waals surface area contributed by atoms with Crippen LogP contribution in [0.3, 0.4) is 0 Å². The molecule has 0 spiro atoms. The van der Waals surface area contributed by atoms with Gasteiger partial charge in [0.1, 0.15) is 16.1 Å². The van der Waals surface area contributed by atoms with E-state index in [2.05, 4.69) is 4.40 Å². The predicted molar refractivity (Wildman–Crippen MR) is 89.3 cm³/mol. The van der Waals surface area contributed by atoms with Crippen LogP contribution in [0.1, 0.15) is 61.3 Å². The molecule has 0 aromatic carbocycles. The van der Waals surface area contributed by atoms with Gasteiger partial charge in [0.2, 0.25) is 0 Å². The minimum atomic E-state index is -1.21. The second-order valence-corrected chi connectivity index (χ2v) is 8.94. The van der Waals surface area contributed by atoms with E-state index >= 15 is 0 Å². The van der Waals surface area contributed by atoms with Crippen molar-refractivity contribution in [3.8, 4) is 0 Å². The van der Waals surface area contributed by atoms with E-state index < -0.39 is 17.5 Å². The molecule has 0 saturated carbocycles. The summed E-state index contributed by atoms with van der Waals surface area (Å²) in [5.74, 6) is 0.357. The average Bonchev–Trinajstić information content (AvgIpc) is 2.58. The Kier molecular flexibility index (Phi) is 7.23. The monoisotopic (exact) mass is 318 g/mol. The Labute approximate surface area is 132 Å². The summed E-state index contributed by atoms with van der Waals surface area (Å²) in [6.45, 7) is 10.2. The van der Waals surface area contributed by atoms with Gasteiger partial charge in [0, 0.05) is 12.1 Å². The Morgan fingerprint density at radius 2 is 2.10 bits per heavy atom. The highest BCUT2D eigenvalue weighted by molar-refractivity contribution is 7.91. The van der Waals surface area contributed by atoms with Crippen molar-refractivity contribution in [3.63, 3.8) is 0 Å². The third-order valence-electron chi connectivity index (χ3n) is 3.59. The van der Waals surface area contributed by atoms with Crippen molar-refractivity contribution in [1.29, 1.82) is 0 Å². The van der Waals surface area contributed by atoms with Gasteiger partial charge in [-0.05, 0) is 59.8 Å². The molecule has 1 fully saturated rings. The number of amides is 1. The van der Waals surface area contributed by atoms with Crippen LogP contribution in [-0.2, 0) is 11.4 Å². The van der Waals surface area contributed by atoms with Gasteiger partial charge in [-0.3, -0.25) is 0 Å². The van der Waals surface area contributed by atoms with Crippen LogP contribution in [0, 0.1) is 5.92 Å². The number of rotatable bonds is 4. The molecule has 0 unspecified atom stereocenters. The zero-order valence-corrected chi connectivity index (χ0v) is 13.9. The van der Waals surface area contributed by atoms with E-state index in [0.717, 1.165) is 19.3 Å². The maximum Gasteiger partial charge on any atom is 0.407 e. The molecular formula is C15H30N2O3S. The third kappa shape index (κ3) is 5.87. The topological polar surface area (TPSA) is 76.0 Å². The molecule has 0 bridgehead atoms. The lowest BCUT2D eigenvalue weighted by molar-refractivity contribution is 0.117. The Hall–Kier alpha value is -0.750. The highest BCUT2D eigenvalue weighted by Crippen LogP contribution is 2.34. The number of hydrogen-bond donors (Lipinski definition) is 1. The number of carboxylic acid groups (broad SMARTS) is 1. The van der Waals surface area contributed by atoms with E-state index in [4.69, 9.17) is 5.11 Å². The zero-order valence-electron chi connectivity index (χ0n) is 13.0. The molecule has 124 valence electrons. The van der Waals surface area contributed by atoms with Gasteiger partial charge in [-0.1, -0.05) is 11.8 Å². The quantitative estimate of drug-likeness (QED) is 0.634. The van der Waals surface area contributed by atoms with Crippen LogP contribution in [0.4, 0.5) is 4.79 Å². The first-order valence-corrected chi connectivity index (χ1v) is 8.10. The summed E-state index contributed by atoms with van der Waals surface area (Å²) in [5, 5.41) is 9.16. The SMILES string of the molecule is C.CC1(C)C[C@H](CC/C=N\[S@+]([O-])C(C)(C)C)CN1C(=O)O. The molecule has 2 atom stereocenters. The van der Waals surface area contributed by atoms with Crippen LogP contribution < -0.4 is 0 Å². The van der Waals surface area contributed by atoms with Crippen LogP contribution >= 0.6 is 0 Å². The summed E-state index contributed by atoms with van der Waals surface area (Å²) >= 11 is -1.21. The van der Waals surface area contributed by atoms with Crippen molar-refractivity contribution in [3.05, 3.63) is 0 Å². The van der Waals surface area contributed by atoms with Crippen molar-refractivity contribution in [1.82, 2.24) is 4.90 Å². The Bertz CT molecular complexity index is 378. The van der Waals surface area contributed by atoms with Crippen LogP contribution in [0.25, 0.3) is 0 Å². The van der Waals surface area contributed by atoms with Gasteiger partial charge in [0.05, 0.1) is 6.21 Å². The molecule has 6 heteroatoms. The summed E-state index contributed by atoms with van der Waals surface area (Å²) in [5.41, 5.74) is -0.290. The number of carbonyl (C=O) groups is 1. The molecule has 1 rings (SSSR count). The Balaban J connectivity index is 0.00000400. The molecule has 1 aliphatic rings. The predicted octanol–water partition coefficient (Wildman–Crippen LogP) is 3.71. The maximum atomic E-state index is 11.7. The zero-order chi connectivity index (χ0) is 15.6. The van der Waals surface area contributed by atoms with Crippen molar-refractivity contribution < 1.29 is 14.5 Å². The Morgan fingerprint density at radius 3 is 2.52 bits per heavy atom. The molecule has 1 saturated heterocycles. The fourth-order valence-corrected chi connectivity index (χ4v) is 3.06. The molecule has 0 aliphatic carbocycles. The first-order chi connectivity index (χ1) is 9.04. The summed E-state index contributed by atoms with van der Waals surface area (Å²) in [4.78, 5) is 12.7. The summed E-state index contributed by atoms with van der Waals surface area (Å²) in [6.07, 6.45) is 3.38. The van der Waals surface area contributed by atoms with E-state index in [-0.39, 0.29) is 17.7 Å². The highest BCUT2D eigenvalue weighted by atomic mass is 32.2. The van der Waals surface area contributed by atoms with Crippen LogP contribution in [0.2, 0.25) is 0 Å². The van der Waals surface area contributed by atoms with Crippen molar-refractivity contribution in [2.75, 3.05) is 6.54 Å². The molecule has 1 aliphatic heterocycles. The van der Waals surface area contributed by atoms with E-state index in [1.807, 2.05) is 34.6 Å². The van der Waals surface area contributed by atoms with Crippen LogP contribution in [0.5, 0.6) is 0 Å². The molecule has 1 amide bonds. The summed E-state index contributed by atoms with van der Waals surface area (Å²) in [7, 11) is 0. The average molecular weight is 318 g/mol. The van der Waals surface area contributed by atoms with Gasteiger partial charge in [-0.25, -0.2) is 4.79 Å². The number of likely N-dealkylation sites (tertiary alicyclic amines) is 1. The lowest BCUT2D eigenvalue weighted by Crippen LogP contribution is -2.41. The molecule has 1 heterocycles. The lowest BCUT2D eigenvalue weighted by Gasteiger charge is -2.28. The van der Waals surface area contributed by atoms with Crippen molar-refractivity contribution in [2.45, 2.75) is 71.6 Å². The van der Waals surface area contributed by atoms with Crippen molar-refractivity contribution in [2.24, 2.45) is 10.3 Å². The van der Waals surface area contributed by atoms with Gasteiger partial charge in [-0.2, -0.15) is 0 Å². The molecule has 5 nitrogen and oxygen atoms in total. The van der Waals surface area contributed by atoms with Gasteiger partial charge >= 0.3 is 6.09 Å². The van der Waals surface area contributed by atoms with E-state index in [1.165, 1.54) is 4.90 Å². The molecule has 1 N–H and O–H groups in total. The molecule has 0 aromatic rings. The van der Waals surface area contributed by atoms with Crippen LogP contribution in [0.15, 0.2) is 4.40 Å². The molecule has 0 aromatic heterocycles. The lowest BCUT2D eigenvalue weighted by atomic mass is 9.94. The van der Waals surface area contributed by atoms with Gasteiger partial charge < -0.3 is 14.6 Å². The first-order valence-electron chi connectivity index (χ1n) is 6.99. The van der Waals surface area contributed by atoms with E-state index in [1.54, 1.807) is 6.21 Å². The normalized spacial score (nSPS) is 23.1. The van der Waals surface area contributed by atoms with E-state index in [9.17, 15) is 9.35 Å². The first kappa shape index (κ1) is 20.2. The second kappa shape index (κ2) is 7.49. The van der Waals surface area contributed by atoms with Crippen molar-refractivity contribution >= 4 is 23.7 Å². The number of nitrogens with zero attached hydrogens (tertiary/aromatic N) is 2. The molecular weight excluding hydrogens is 288 g/mol. The van der Waals surface area contributed by atoms with Gasteiger partial charge in [0.15, 0.2) is 0 Å². The molecule has 0 radical (unpaired) electrons. The second-order valence-electron chi connectivity index (χ2n) is 7.00. The Morgan fingerprint density at radius 1 is 1.52 bits per heavy atom. The van der Waals surface area contributed by atoms with Gasteiger partial charge in [-0.15, -0.1) is 0 Å². The van der Waals surface area contributed by atoms with E-state index in [0.29, 0.717) is 12.5 Å². The number of hydrogen-bond acceptors (Lipinski definition) is 3. The summed E-state index contributed by atoms with van der Waals surface area (Å²) in [6, 6.07) is 0. The largest absolute Gasteiger partial charge is 0.591 e. The smallest absolute Gasteiger partial charge is 0.407 e. The van der Waals surface area contributed by atoms with Gasteiger partial charge in [0.25, 0.3) is 0 Å².